The third-order valence-electron chi connectivity index (χ3n) is 5.71. The van der Waals surface area contributed by atoms with Gasteiger partial charge in [-0.2, -0.15) is 0 Å². The number of rotatable bonds is 6. The Balaban J connectivity index is 1.51. The van der Waals surface area contributed by atoms with Crippen molar-refractivity contribution in [3.63, 3.8) is 0 Å². The molecule has 2 aliphatic heterocycles. The second-order valence-corrected chi connectivity index (χ2v) is 7.97. The first-order valence-corrected chi connectivity index (χ1v) is 10.8. The van der Waals surface area contributed by atoms with Crippen LogP contribution in [0, 0.1) is 5.92 Å². The summed E-state index contributed by atoms with van der Waals surface area (Å²) in [6.45, 7) is 10.1. The number of anilines is 1. The van der Waals surface area contributed by atoms with E-state index in [1.54, 1.807) is 0 Å². The molecule has 6 heteroatoms. The van der Waals surface area contributed by atoms with Crippen molar-refractivity contribution in [2.45, 2.75) is 46.1 Å². The number of carbonyl (C=O) groups excluding carboxylic acids is 1. The number of amides is 1. The summed E-state index contributed by atoms with van der Waals surface area (Å²) >= 11 is 0. The maximum atomic E-state index is 12.2. The van der Waals surface area contributed by atoms with Crippen LogP contribution in [-0.2, 0) is 11.3 Å². The topological polar surface area (TPSA) is 60.0 Å². The van der Waals surface area contributed by atoms with Crippen LogP contribution in [0.4, 0.5) is 5.69 Å². The molecule has 0 spiro atoms. The van der Waals surface area contributed by atoms with E-state index in [-0.39, 0.29) is 5.91 Å². The zero-order chi connectivity index (χ0) is 19.8. The molecule has 0 aliphatic carbocycles. The predicted molar refractivity (Wildman–Crippen MR) is 116 cm³/mol. The molecule has 2 fully saturated rings. The van der Waals surface area contributed by atoms with Crippen LogP contribution in [0.1, 0.15) is 45.1 Å². The molecule has 1 amide bonds. The van der Waals surface area contributed by atoms with Crippen LogP contribution in [0.25, 0.3) is 0 Å². The minimum absolute atomic E-state index is 0.156. The van der Waals surface area contributed by atoms with Crippen molar-refractivity contribution in [3.05, 3.63) is 29.8 Å². The summed E-state index contributed by atoms with van der Waals surface area (Å²) in [5, 5.41) is 6.40. The normalized spacial score (nSPS) is 18.4. The first-order chi connectivity index (χ1) is 13.7. The number of benzene rings is 1. The molecule has 0 unspecified atom stereocenters. The van der Waals surface area contributed by atoms with Gasteiger partial charge in [0.25, 0.3) is 0 Å². The Morgan fingerprint density at radius 3 is 2.39 bits per heavy atom. The molecule has 0 bridgehead atoms. The number of carbonyl (C=O) groups is 1. The second-order valence-electron chi connectivity index (χ2n) is 7.97. The van der Waals surface area contributed by atoms with Crippen LogP contribution in [0.5, 0.6) is 0 Å². The van der Waals surface area contributed by atoms with Gasteiger partial charge in [0, 0.05) is 38.4 Å². The van der Waals surface area contributed by atoms with Gasteiger partial charge in [-0.15, -0.1) is 0 Å². The van der Waals surface area contributed by atoms with Crippen LogP contribution < -0.4 is 15.5 Å². The molecule has 2 heterocycles. The summed E-state index contributed by atoms with van der Waals surface area (Å²) in [4.78, 5) is 21.3. The Bertz CT molecular complexity index is 643. The number of nitrogens with one attached hydrogen (secondary N) is 2. The number of guanidine groups is 1. The van der Waals surface area contributed by atoms with Gasteiger partial charge >= 0.3 is 0 Å². The molecule has 1 aromatic rings. The standard InChI is InChI=1S/C22H35N5O/c1-3-23-22(25-17-21(28)27-12-4-5-13-27)24-16-19-6-8-20(9-7-19)26-14-10-18(2)11-15-26/h6-9,18H,3-5,10-17H2,1-2H3,(H2,23,24,25). The number of piperidine rings is 1. The van der Waals surface area contributed by atoms with Crippen LogP contribution in [0.2, 0.25) is 0 Å². The summed E-state index contributed by atoms with van der Waals surface area (Å²) in [6.07, 6.45) is 4.79. The van der Waals surface area contributed by atoms with Crippen molar-refractivity contribution in [3.8, 4) is 0 Å². The molecule has 0 aromatic heterocycles. The Hall–Kier alpha value is -2.24. The van der Waals surface area contributed by atoms with Crippen molar-refractivity contribution < 1.29 is 4.79 Å². The lowest BCUT2D eigenvalue weighted by Gasteiger charge is -2.32. The molecule has 28 heavy (non-hydrogen) atoms. The summed E-state index contributed by atoms with van der Waals surface area (Å²) in [5.41, 5.74) is 2.48. The quantitative estimate of drug-likeness (QED) is 0.584. The van der Waals surface area contributed by atoms with Crippen molar-refractivity contribution in [2.24, 2.45) is 10.9 Å². The summed E-state index contributed by atoms with van der Waals surface area (Å²) in [5.74, 6) is 1.70. The van der Waals surface area contributed by atoms with Gasteiger partial charge < -0.3 is 20.4 Å². The van der Waals surface area contributed by atoms with Gasteiger partial charge in [0.2, 0.25) is 5.91 Å². The predicted octanol–water partition coefficient (Wildman–Crippen LogP) is 2.60. The molecule has 0 radical (unpaired) electrons. The minimum Gasteiger partial charge on any atom is -0.372 e. The number of aliphatic imine (C=N–C) groups is 1. The number of nitrogens with zero attached hydrogens (tertiary/aromatic N) is 3. The lowest BCUT2D eigenvalue weighted by atomic mass is 9.99. The van der Waals surface area contributed by atoms with Crippen molar-refractivity contribution in [2.75, 3.05) is 44.2 Å². The summed E-state index contributed by atoms with van der Waals surface area (Å²) in [7, 11) is 0. The van der Waals surface area contributed by atoms with E-state index in [1.165, 1.54) is 24.1 Å². The van der Waals surface area contributed by atoms with Crippen molar-refractivity contribution in [1.29, 1.82) is 0 Å². The van der Waals surface area contributed by atoms with E-state index in [1.807, 2.05) is 11.8 Å². The van der Waals surface area contributed by atoms with Gasteiger partial charge in [-0.25, -0.2) is 4.99 Å². The average Bonchev–Trinajstić information content (AvgIpc) is 3.26. The molecule has 2 aliphatic rings. The zero-order valence-corrected chi connectivity index (χ0v) is 17.4. The summed E-state index contributed by atoms with van der Waals surface area (Å²) in [6, 6.07) is 8.74. The van der Waals surface area contributed by atoms with Gasteiger partial charge in [-0.3, -0.25) is 4.79 Å². The van der Waals surface area contributed by atoms with Gasteiger partial charge in [0.15, 0.2) is 5.96 Å². The van der Waals surface area contributed by atoms with Gasteiger partial charge in [0.05, 0.1) is 13.1 Å². The molecule has 2 N–H and O–H groups in total. The Labute approximate surface area is 169 Å². The molecule has 0 atom stereocenters. The maximum Gasteiger partial charge on any atom is 0.241 e. The molecule has 1 aromatic carbocycles. The van der Waals surface area contributed by atoms with Crippen LogP contribution >= 0.6 is 0 Å². The Morgan fingerprint density at radius 1 is 1.07 bits per heavy atom. The Kier molecular flexibility index (Phi) is 7.57. The third kappa shape index (κ3) is 5.88. The first-order valence-electron chi connectivity index (χ1n) is 10.8. The molecule has 154 valence electrons. The van der Waals surface area contributed by atoms with E-state index in [0.717, 1.165) is 51.5 Å². The summed E-state index contributed by atoms with van der Waals surface area (Å²) < 4.78 is 0. The lowest BCUT2D eigenvalue weighted by Crippen LogP contribution is -2.44. The lowest BCUT2D eigenvalue weighted by molar-refractivity contribution is -0.128. The van der Waals surface area contributed by atoms with Crippen LogP contribution in [-0.4, -0.2) is 56.0 Å². The number of hydrogen-bond acceptors (Lipinski definition) is 3. The fraction of sp³-hybridized carbons (Fsp3) is 0.636. The van der Waals surface area contributed by atoms with E-state index < -0.39 is 0 Å². The fourth-order valence-corrected chi connectivity index (χ4v) is 3.83. The van der Waals surface area contributed by atoms with E-state index in [9.17, 15) is 4.79 Å². The zero-order valence-electron chi connectivity index (χ0n) is 17.4. The highest BCUT2D eigenvalue weighted by atomic mass is 16.2. The molecule has 0 saturated carbocycles. The van der Waals surface area contributed by atoms with E-state index in [4.69, 9.17) is 0 Å². The van der Waals surface area contributed by atoms with E-state index >= 15 is 0 Å². The highest BCUT2D eigenvalue weighted by Crippen LogP contribution is 2.23. The SMILES string of the molecule is CCNC(=NCc1ccc(N2CCC(C)CC2)cc1)NCC(=O)N1CCCC1. The van der Waals surface area contributed by atoms with Crippen LogP contribution in [0.3, 0.4) is 0 Å². The highest BCUT2D eigenvalue weighted by Gasteiger charge is 2.18. The Morgan fingerprint density at radius 2 is 1.75 bits per heavy atom. The average molecular weight is 386 g/mol. The van der Waals surface area contributed by atoms with Gasteiger partial charge in [-0.05, 0) is 56.2 Å². The van der Waals surface area contributed by atoms with E-state index in [2.05, 4.69) is 51.7 Å². The molecule has 3 rings (SSSR count). The molecular formula is C22H35N5O. The third-order valence-corrected chi connectivity index (χ3v) is 5.71. The monoisotopic (exact) mass is 385 g/mol. The molecule has 2 saturated heterocycles. The first kappa shape index (κ1) is 20.5. The largest absolute Gasteiger partial charge is 0.372 e. The molecule has 6 nitrogen and oxygen atoms in total. The van der Waals surface area contributed by atoms with Crippen LogP contribution in [0.15, 0.2) is 29.3 Å². The minimum atomic E-state index is 0.156. The number of hydrogen-bond donors (Lipinski definition) is 2. The fourth-order valence-electron chi connectivity index (χ4n) is 3.83. The van der Waals surface area contributed by atoms with Crippen molar-refractivity contribution >= 4 is 17.6 Å². The molecular weight excluding hydrogens is 350 g/mol. The van der Waals surface area contributed by atoms with Crippen molar-refractivity contribution in [1.82, 2.24) is 15.5 Å². The second kappa shape index (κ2) is 10.3. The van der Waals surface area contributed by atoms with Gasteiger partial charge in [0.1, 0.15) is 0 Å². The highest BCUT2D eigenvalue weighted by molar-refractivity contribution is 5.86. The van der Waals surface area contributed by atoms with E-state index in [0.29, 0.717) is 19.0 Å². The number of likely N-dealkylation sites (tertiary alicyclic amines) is 1. The smallest absolute Gasteiger partial charge is 0.241 e. The maximum absolute atomic E-state index is 12.2. The van der Waals surface area contributed by atoms with Gasteiger partial charge in [-0.1, -0.05) is 19.1 Å².